The lowest BCUT2D eigenvalue weighted by atomic mass is 10.0. The number of ether oxygens (including phenoxy) is 1. The number of aryl methyl sites for hydroxylation is 1. The second kappa shape index (κ2) is 8.68. The largest absolute Gasteiger partial charge is 0.452 e. The van der Waals surface area contributed by atoms with E-state index in [0.29, 0.717) is 15.7 Å². The van der Waals surface area contributed by atoms with Gasteiger partial charge in [-0.2, -0.15) is 0 Å². The molecule has 1 N–H and O–H groups in total. The summed E-state index contributed by atoms with van der Waals surface area (Å²) >= 11 is 7.22. The van der Waals surface area contributed by atoms with Crippen molar-refractivity contribution in [3.05, 3.63) is 75.8 Å². The average molecular weight is 464 g/mol. The van der Waals surface area contributed by atoms with Gasteiger partial charge in [-0.25, -0.2) is 9.78 Å². The first-order chi connectivity index (χ1) is 15.6. The molecule has 0 radical (unpaired) electrons. The minimum atomic E-state index is -0.502. The number of benzene rings is 2. The highest BCUT2D eigenvalue weighted by Gasteiger charge is 2.25. The molecule has 6 nitrogen and oxygen atoms in total. The molecule has 0 unspecified atom stereocenters. The number of nitrogens with one attached hydrogen (secondary N) is 1. The second-order valence-electron chi connectivity index (χ2n) is 7.45. The summed E-state index contributed by atoms with van der Waals surface area (Å²) in [6.07, 6.45) is 2.59. The van der Waals surface area contributed by atoms with E-state index in [2.05, 4.69) is 15.3 Å². The van der Waals surface area contributed by atoms with E-state index in [0.717, 1.165) is 52.7 Å². The van der Waals surface area contributed by atoms with Gasteiger partial charge in [-0.05, 0) is 43.0 Å². The third-order valence-electron chi connectivity index (χ3n) is 5.35. The normalized spacial score (nSPS) is 12.5. The Bertz CT molecular complexity index is 1330. The van der Waals surface area contributed by atoms with Gasteiger partial charge >= 0.3 is 5.97 Å². The molecule has 0 saturated heterocycles. The van der Waals surface area contributed by atoms with Crippen molar-refractivity contribution in [1.29, 1.82) is 0 Å². The lowest BCUT2D eigenvalue weighted by molar-refractivity contribution is -0.119. The predicted octanol–water partition coefficient (Wildman–Crippen LogP) is 5.30. The van der Waals surface area contributed by atoms with E-state index in [1.165, 1.54) is 11.3 Å². The summed E-state index contributed by atoms with van der Waals surface area (Å²) in [5.41, 5.74) is 4.80. The van der Waals surface area contributed by atoms with Gasteiger partial charge in [0.2, 0.25) is 0 Å². The number of aromatic nitrogens is 2. The quantitative estimate of drug-likeness (QED) is 0.406. The van der Waals surface area contributed by atoms with E-state index in [-0.39, 0.29) is 6.61 Å². The van der Waals surface area contributed by atoms with Gasteiger partial charge in [-0.3, -0.25) is 15.1 Å². The number of hydrogen-bond acceptors (Lipinski definition) is 6. The van der Waals surface area contributed by atoms with Crippen molar-refractivity contribution >= 4 is 50.8 Å². The minimum absolute atomic E-state index is 0.389. The Morgan fingerprint density at radius 1 is 1.06 bits per heavy atom. The number of nitrogens with zero attached hydrogens (tertiary/aromatic N) is 2. The zero-order valence-electron chi connectivity index (χ0n) is 16.9. The van der Waals surface area contributed by atoms with Crippen molar-refractivity contribution in [3.63, 3.8) is 0 Å². The SMILES string of the molecule is O=C(COC(=O)c1c2c(nc3ccccc13)CCC2)Nc1nc(-c2ccc(Cl)cc2)cs1. The number of carbonyl (C=O) groups is 2. The molecule has 5 rings (SSSR count). The molecular weight excluding hydrogens is 446 g/mol. The monoisotopic (exact) mass is 463 g/mol. The van der Waals surface area contributed by atoms with Gasteiger partial charge in [0.1, 0.15) is 0 Å². The maximum atomic E-state index is 12.9. The van der Waals surface area contributed by atoms with Crippen molar-refractivity contribution in [2.75, 3.05) is 11.9 Å². The summed E-state index contributed by atoms with van der Waals surface area (Å²) < 4.78 is 5.38. The zero-order chi connectivity index (χ0) is 22.1. The van der Waals surface area contributed by atoms with Gasteiger partial charge in [-0.1, -0.05) is 41.9 Å². The van der Waals surface area contributed by atoms with Gasteiger partial charge in [0, 0.05) is 27.0 Å². The van der Waals surface area contributed by atoms with Crippen molar-refractivity contribution in [1.82, 2.24) is 9.97 Å². The highest BCUT2D eigenvalue weighted by molar-refractivity contribution is 7.14. The Balaban J connectivity index is 1.27. The van der Waals surface area contributed by atoms with Crippen molar-refractivity contribution in [2.24, 2.45) is 0 Å². The summed E-state index contributed by atoms with van der Waals surface area (Å²) in [6.45, 7) is -0.389. The first kappa shape index (κ1) is 20.6. The van der Waals surface area contributed by atoms with E-state index in [1.807, 2.05) is 41.8 Å². The molecule has 0 saturated carbocycles. The minimum Gasteiger partial charge on any atom is -0.452 e. The van der Waals surface area contributed by atoms with Gasteiger partial charge in [0.15, 0.2) is 11.7 Å². The first-order valence-corrected chi connectivity index (χ1v) is 11.4. The van der Waals surface area contributed by atoms with Crippen LogP contribution >= 0.6 is 22.9 Å². The number of fused-ring (bicyclic) bond motifs is 2. The molecule has 0 atom stereocenters. The maximum Gasteiger partial charge on any atom is 0.339 e. The van der Waals surface area contributed by atoms with Crippen LogP contribution in [-0.2, 0) is 22.4 Å². The van der Waals surface area contributed by atoms with Gasteiger partial charge in [0.05, 0.1) is 16.8 Å². The topological polar surface area (TPSA) is 81.2 Å². The molecule has 8 heteroatoms. The maximum absolute atomic E-state index is 12.9. The number of thiazole rings is 1. The predicted molar refractivity (Wildman–Crippen MR) is 125 cm³/mol. The molecule has 1 amide bonds. The Hall–Kier alpha value is -3.29. The van der Waals surface area contributed by atoms with E-state index in [4.69, 9.17) is 16.3 Å². The highest BCUT2D eigenvalue weighted by atomic mass is 35.5. The van der Waals surface area contributed by atoms with E-state index in [1.54, 1.807) is 12.1 Å². The fourth-order valence-corrected chi connectivity index (χ4v) is 4.75. The van der Waals surface area contributed by atoms with E-state index < -0.39 is 11.9 Å². The molecule has 4 aromatic rings. The average Bonchev–Trinajstić information content (AvgIpc) is 3.45. The second-order valence-corrected chi connectivity index (χ2v) is 8.75. The standard InChI is InChI=1S/C24H18ClN3O3S/c25-15-10-8-14(9-11-15)20-13-32-24(27-20)28-21(29)12-31-23(30)22-16-4-1-2-6-18(16)26-19-7-3-5-17(19)22/h1-2,4,6,8-11,13H,3,5,7,12H2,(H,27,28,29). The molecule has 0 bridgehead atoms. The van der Waals surface area contributed by atoms with Gasteiger partial charge < -0.3 is 4.74 Å². The van der Waals surface area contributed by atoms with Crippen molar-refractivity contribution < 1.29 is 14.3 Å². The lowest BCUT2D eigenvalue weighted by Gasteiger charge is -2.12. The molecule has 160 valence electrons. The molecule has 0 aliphatic heterocycles. The number of para-hydroxylation sites is 1. The number of hydrogen-bond donors (Lipinski definition) is 1. The fourth-order valence-electron chi connectivity index (χ4n) is 3.89. The zero-order valence-corrected chi connectivity index (χ0v) is 18.5. The number of carbonyl (C=O) groups excluding carboxylic acids is 2. The number of halogens is 1. The van der Waals surface area contributed by atoms with Crippen molar-refractivity contribution in [2.45, 2.75) is 19.3 Å². The fraction of sp³-hybridized carbons (Fsp3) is 0.167. The van der Waals surface area contributed by atoms with Crippen LogP contribution < -0.4 is 5.32 Å². The molecule has 32 heavy (non-hydrogen) atoms. The number of esters is 1. The Morgan fingerprint density at radius 2 is 1.88 bits per heavy atom. The third-order valence-corrected chi connectivity index (χ3v) is 6.36. The molecule has 0 spiro atoms. The Labute approximate surface area is 193 Å². The molecule has 0 fully saturated rings. The van der Waals surface area contributed by atoms with Crippen molar-refractivity contribution in [3.8, 4) is 11.3 Å². The van der Waals surface area contributed by atoms with Crippen LogP contribution in [0.2, 0.25) is 5.02 Å². The molecule has 1 aliphatic carbocycles. The molecule has 2 heterocycles. The summed E-state index contributed by atoms with van der Waals surface area (Å²) in [4.78, 5) is 34.4. The Morgan fingerprint density at radius 3 is 2.72 bits per heavy atom. The first-order valence-electron chi connectivity index (χ1n) is 10.2. The number of anilines is 1. The number of rotatable bonds is 5. The lowest BCUT2D eigenvalue weighted by Crippen LogP contribution is -2.21. The molecule has 1 aliphatic rings. The number of pyridine rings is 1. The van der Waals surface area contributed by atoms with Gasteiger partial charge in [0.25, 0.3) is 5.91 Å². The van der Waals surface area contributed by atoms with E-state index in [9.17, 15) is 9.59 Å². The van der Waals surface area contributed by atoms with Crippen LogP contribution in [0.15, 0.2) is 53.9 Å². The smallest absolute Gasteiger partial charge is 0.339 e. The third kappa shape index (κ3) is 4.09. The van der Waals surface area contributed by atoms with Crippen LogP contribution in [-0.4, -0.2) is 28.5 Å². The van der Waals surface area contributed by atoms with Crippen LogP contribution in [0, 0.1) is 0 Å². The van der Waals surface area contributed by atoms with Crippen LogP contribution in [0.1, 0.15) is 28.0 Å². The summed E-state index contributed by atoms with van der Waals surface area (Å²) in [6, 6.07) is 14.8. The molecular formula is C24H18ClN3O3S. The molecule has 2 aromatic carbocycles. The highest BCUT2D eigenvalue weighted by Crippen LogP contribution is 2.30. The summed E-state index contributed by atoms with van der Waals surface area (Å²) in [7, 11) is 0. The summed E-state index contributed by atoms with van der Waals surface area (Å²) in [5, 5.41) is 6.37. The summed E-state index contributed by atoms with van der Waals surface area (Å²) in [5.74, 6) is -0.941. The van der Waals surface area contributed by atoms with E-state index >= 15 is 0 Å². The Kier molecular flexibility index (Phi) is 5.59. The molecule has 2 aromatic heterocycles. The number of amides is 1. The van der Waals surface area contributed by atoms with Crippen LogP contribution in [0.4, 0.5) is 5.13 Å². The van der Waals surface area contributed by atoms with Gasteiger partial charge in [-0.15, -0.1) is 11.3 Å². The van der Waals surface area contributed by atoms with Crippen LogP contribution in [0.5, 0.6) is 0 Å². The van der Waals surface area contributed by atoms with Crippen LogP contribution in [0.25, 0.3) is 22.2 Å². The van der Waals surface area contributed by atoms with Crippen LogP contribution in [0.3, 0.4) is 0 Å².